The Balaban J connectivity index is 2.07. The van der Waals surface area contributed by atoms with Crippen LogP contribution in [-0.2, 0) is 26.2 Å². The van der Waals surface area contributed by atoms with Crippen LogP contribution in [0.5, 0.6) is 0 Å². The van der Waals surface area contributed by atoms with Gasteiger partial charge in [0.1, 0.15) is 12.6 Å². The molecule has 196 valence electrons. The number of aryl methyl sites for hydroxylation is 2. The van der Waals surface area contributed by atoms with Gasteiger partial charge in [0, 0.05) is 18.6 Å². The van der Waals surface area contributed by atoms with Crippen molar-refractivity contribution in [3.05, 3.63) is 94.5 Å². The van der Waals surface area contributed by atoms with Crippen molar-refractivity contribution in [2.24, 2.45) is 0 Å². The molecule has 3 aromatic rings. The summed E-state index contributed by atoms with van der Waals surface area (Å²) in [4.78, 5) is 28.1. The maximum absolute atomic E-state index is 13.9. The lowest BCUT2D eigenvalue weighted by atomic mass is 10.1. The molecule has 0 aromatic heterocycles. The molecular formula is C28H32ClN3O4S. The third-order valence-corrected chi connectivity index (χ3v) is 8.32. The van der Waals surface area contributed by atoms with Gasteiger partial charge in [-0.1, -0.05) is 72.6 Å². The highest BCUT2D eigenvalue weighted by Crippen LogP contribution is 2.28. The summed E-state index contributed by atoms with van der Waals surface area (Å²) in [6.45, 7) is 5.22. The Morgan fingerprint density at radius 3 is 2.27 bits per heavy atom. The summed E-state index contributed by atoms with van der Waals surface area (Å²) in [6.07, 6.45) is 0.360. The Hall–Kier alpha value is -3.36. The number of carbonyl (C=O) groups excluding carboxylic acids is 2. The van der Waals surface area contributed by atoms with Gasteiger partial charge < -0.3 is 10.2 Å². The van der Waals surface area contributed by atoms with Crippen LogP contribution in [0.25, 0.3) is 0 Å². The molecule has 37 heavy (non-hydrogen) atoms. The number of rotatable bonds is 10. The Kier molecular flexibility index (Phi) is 9.34. The van der Waals surface area contributed by atoms with Crippen molar-refractivity contribution in [2.75, 3.05) is 17.9 Å². The molecule has 0 saturated carbocycles. The maximum atomic E-state index is 13.9. The second-order valence-corrected chi connectivity index (χ2v) is 11.1. The third-order valence-electron chi connectivity index (χ3n) is 6.12. The number of nitrogens with zero attached hydrogens (tertiary/aromatic N) is 2. The van der Waals surface area contributed by atoms with Crippen LogP contribution in [0.3, 0.4) is 0 Å². The van der Waals surface area contributed by atoms with E-state index in [1.165, 1.54) is 30.1 Å². The van der Waals surface area contributed by atoms with E-state index >= 15 is 0 Å². The summed E-state index contributed by atoms with van der Waals surface area (Å²) >= 11 is 6.34. The largest absolute Gasteiger partial charge is 0.357 e. The average Bonchev–Trinajstić information content (AvgIpc) is 2.89. The number of benzene rings is 3. The van der Waals surface area contributed by atoms with Gasteiger partial charge in [0.05, 0.1) is 10.6 Å². The molecule has 0 aliphatic heterocycles. The Labute approximate surface area is 224 Å². The van der Waals surface area contributed by atoms with E-state index in [4.69, 9.17) is 11.6 Å². The highest BCUT2D eigenvalue weighted by molar-refractivity contribution is 7.92. The number of sulfonamides is 1. The van der Waals surface area contributed by atoms with Gasteiger partial charge in [0.15, 0.2) is 0 Å². The maximum Gasteiger partial charge on any atom is 0.264 e. The smallest absolute Gasteiger partial charge is 0.264 e. The second kappa shape index (κ2) is 12.3. The number of amides is 2. The van der Waals surface area contributed by atoms with Crippen LogP contribution in [0, 0.1) is 13.8 Å². The first-order valence-electron chi connectivity index (χ1n) is 12.0. The van der Waals surface area contributed by atoms with Gasteiger partial charge in [0.2, 0.25) is 11.8 Å². The molecule has 0 fully saturated rings. The molecule has 1 atom stereocenters. The second-order valence-electron chi connectivity index (χ2n) is 8.81. The minimum absolute atomic E-state index is 0.0445. The van der Waals surface area contributed by atoms with E-state index < -0.39 is 28.5 Å². The summed E-state index contributed by atoms with van der Waals surface area (Å²) in [5.41, 5.74) is 2.89. The topological polar surface area (TPSA) is 86.8 Å². The zero-order chi connectivity index (χ0) is 27.2. The third kappa shape index (κ3) is 6.70. The zero-order valence-electron chi connectivity index (χ0n) is 21.4. The van der Waals surface area contributed by atoms with Crippen LogP contribution >= 0.6 is 11.6 Å². The molecule has 3 aromatic carbocycles. The molecule has 0 bridgehead atoms. The van der Waals surface area contributed by atoms with Crippen molar-refractivity contribution in [3.63, 3.8) is 0 Å². The van der Waals surface area contributed by atoms with E-state index in [9.17, 15) is 18.0 Å². The standard InChI is InChI=1S/C28H32ClN3O4S/c1-5-26(28(34)30-4)31(18-22-11-9-10-20(2)16-22)27(33)19-32(23-15-14-21(3)25(29)17-23)37(35,36)24-12-7-6-8-13-24/h6-17,26H,5,18-19H2,1-4H3,(H,30,34)/t26-/m0/s1. The highest BCUT2D eigenvalue weighted by atomic mass is 35.5. The van der Waals surface area contributed by atoms with Crippen LogP contribution < -0.4 is 9.62 Å². The summed E-state index contributed by atoms with van der Waals surface area (Å²) in [7, 11) is -2.61. The number of anilines is 1. The summed E-state index contributed by atoms with van der Waals surface area (Å²) in [6, 6.07) is 19.7. The number of halogens is 1. The fourth-order valence-electron chi connectivity index (χ4n) is 4.08. The Morgan fingerprint density at radius 2 is 1.68 bits per heavy atom. The van der Waals surface area contributed by atoms with Crippen LogP contribution in [-0.4, -0.2) is 44.8 Å². The van der Waals surface area contributed by atoms with Crippen LogP contribution in [0.1, 0.15) is 30.0 Å². The molecule has 3 rings (SSSR count). The molecule has 7 nitrogen and oxygen atoms in total. The monoisotopic (exact) mass is 541 g/mol. The van der Waals surface area contributed by atoms with Crippen LogP contribution in [0.2, 0.25) is 5.02 Å². The number of hydrogen-bond donors (Lipinski definition) is 1. The van der Waals surface area contributed by atoms with Gasteiger partial charge in [-0.15, -0.1) is 0 Å². The summed E-state index contributed by atoms with van der Waals surface area (Å²) in [5.74, 6) is -0.826. The van der Waals surface area contributed by atoms with Crippen molar-refractivity contribution in [1.29, 1.82) is 0 Å². The molecule has 2 amide bonds. The molecule has 0 aliphatic rings. The van der Waals surface area contributed by atoms with Gasteiger partial charge in [-0.2, -0.15) is 0 Å². The van der Waals surface area contributed by atoms with Crippen molar-refractivity contribution in [1.82, 2.24) is 10.2 Å². The van der Waals surface area contributed by atoms with E-state index in [1.807, 2.05) is 45.0 Å². The fourth-order valence-corrected chi connectivity index (χ4v) is 5.68. The van der Waals surface area contributed by atoms with Crippen LogP contribution in [0.15, 0.2) is 77.7 Å². The van der Waals surface area contributed by atoms with E-state index in [0.29, 0.717) is 11.4 Å². The lowest BCUT2D eigenvalue weighted by Gasteiger charge is -2.33. The normalized spacial score (nSPS) is 12.0. The molecule has 0 spiro atoms. The first kappa shape index (κ1) is 28.2. The minimum atomic E-state index is -4.12. The number of likely N-dealkylation sites (N-methyl/N-ethyl adjacent to an activating group) is 1. The molecule has 0 heterocycles. The van der Waals surface area contributed by atoms with Crippen molar-refractivity contribution >= 4 is 39.1 Å². The molecule has 0 unspecified atom stereocenters. The van der Waals surface area contributed by atoms with Crippen molar-refractivity contribution in [3.8, 4) is 0 Å². The number of nitrogens with one attached hydrogen (secondary N) is 1. The van der Waals surface area contributed by atoms with Gasteiger partial charge >= 0.3 is 0 Å². The molecule has 1 N–H and O–H groups in total. The summed E-state index contributed by atoms with van der Waals surface area (Å²) in [5, 5.41) is 3.00. The predicted octanol–water partition coefficient (Wildman–Crippen LogP) is 4.71. The Morgan fingerprint density at radius 1 is 0.973 bits per heavy atom. The first-order valence-corrected chi connectivity index (χ1v) is 13.8. The fraction of sp³-hybridized carbons (Fsp3) is 0.286. The zero-order valence-corrected chi connectivity index (χ0v) is 23.0. The molecule has 0 radical (unpaired) electrons. The lowest BCUT2D eigenvalue weighted by Crippen LogP contribution is -2.51. The Bertz CT molecular complexity index is 1360. The van der Waals surface area contributed by atoms with E-state index in [0.717, 1.165) is 21.0 Å². The summed E-state index contributed by atoms with van der Waals surface area (Å²) < 4.78 is 28.6. The lowest BCUT2D eigenvalue weighted by molar-refractivity contribution is -0.140. The first-order chi connectivity index (χ1) is 17.6. The van der Waals surface area contributed by atoms with Crippen LogP contribution in [0.4, 0.5) is 5.69 Å². The van der Waals surface area contributed by atoms with Gasteiger partial charge in [0.25, 0.3) is 10.0 Å². The van der Waals surface area contributed by atoms with E-state index in [-0.39, 0.29) is 23.0 Å². The minimum Gasteiger partial charge on any atom is -0.357 e. The number of carbonyl (C=O) groups is 2. The average molecular weight is 542 g/mol. The molecule has 9 heteroatoms. The van der Waals surface area contributed by atoms with Gasteiger partial charge in [-0.05, 0) is 55.7 Å². The van der Waals surface area contributed by atoms with Gasteiger partial charge in [-0.25, -0.2) is 8.42 Å². The molecule has 0 saturated heterocycles. The van der Waals surface area contributed by atoms with E-state index in [1.54, 1.807) is 30.3 Å². The highest BCUT2D eigenvalue weighted by Gasteiger charge is 2.33. The van der Waals surface area contributed by atoms with E-state index in [2.05, 4.69) is 5.32 Å². The van der Waals surface area contributed by atoms with Crippen molar-refractivity contribution in [2.45, 2.75) is 44.7 Å². The van der Waals surface area contributed by atoms with Crippen molar-refractivity contribution < 1.29 is 18.0 Å². The number of hydrogen-bond acceptors (Lipinski definition) is 4. The molecular weight excluding hydrogens is 510 g/mol. The molecule has 0 aliphatic carbocycles. The SMILES string of the molecule is CC[C@@H](C(=O)NC)N(Cc1cccc(C)c1)C(=O)CN(c1ccc(C)c(Cl)c1)S(=O)(=O)c1ccccc1. The van der Waals surface area contributed by atoms with Gasteiger partial charge in [-0.3, -0.25) is 13.9 Å². The predicted molar refractivity (Wildman–Crippen MR) is 147 cm³/mol. The quantitative estimate of drug-likeness (QED) is 0.403.